The highest BCUT2D eigenvalue weighted by atomic mass is 19.4. The highest BCUT2D eigenvalue weighted by Crippen LogP contribution is 2.35. The number of fused-ring (bicyclic) bond motifs is 1. The fourth-order valence-corrected chi connectivity index (χ4v) is 5.79. The van der Waals surface area contributed by atoms with Crippen LogP contribution >= 0.6 is 0 Å². The second kappa shape index (κ2) is 13.1. The second-order valence-electron chi connectivity index (χ2n) is 11.9. The Bertz CT molecular complexity index is 1550. The minimum Gasteiger partial charge on any atom is -0.457 e. The van der Waals surface area contributed by atoms with E-state index >= 15 is 0 Å². The molecule has 2 N–H and O–H groups in total. The van der Waals surface area contributed by atoms with Crippen LogP contribution in [0.1, 0.15) is 42.0 Å². The van der Waals surface area contributed by atoms with E-state index < -0.39 is 17.8 Å². The van der Waals surface area contributed by atoms with Crippen molar-refractivity contribution in [1.82, 2.24) is 19.7 Å². The number of halogens is 3. The van der Waals surface area contributed by atoms with Crippen molar-refractivity contribution in [3.63, 3.8) is 0 Å². The lowest BCUT2D eigenvalue weighted by atomic mass is 9.99. The van der Waals surface area contributed by atoms with Crippen LogP contribution in [0.25, 0.3) is 0 Å². The van der Waals surface area contributed by atoms with Gasteiger partial charge in [0.15, 0.2) is 0 Å². The zero-order valence-corrected chi connectivity index (χ0v) is 25.2. The van der Waals surface area contributed by atoms with Gasteiger partial charge in [-0.05, 0) is 72.8 Å². The monoisotopic (exact) mass is 622 g/mol. The summed E-state index contributed by atoms with van der Waals surface area (Å²) in [4.78, 5) is 35.4. The van der Waals surface area contributed by atoms with E-state index in [1.54, 1.807) is 29.3 Å². The van der Waals surface area contributed by atoms with Crippen molar-refractivity contribution in [1.29, 1.82) is 0 Å². The largest absolute Gasteiger partial charge is 0.457 e. The molecule has 0 bridgehead atoms. The van der Waals surface area contributed by atoms with Crippen LogP contribution in [0.5, 0.6) is 11.5 Å². The van der Waals surface area contributed by atoms with E-state index in [1.165, 1.54) is 6.07 Å². The third-order valence-corrected chi connectivity index (χ3v) is 8.62. The summed E-state index contributed by atoms with van der Waals surface area (Å²) in [5.41, 5.74) is 1.55. The van der Waals surface area contributed by atoms with Gasteiger partial charge in [0.2, 0.25) is 5.91 Å². The molecule has 2 fully saturated rings. The molecule has 2 aromatic carbocycles. The summed E-state index contributed by atoms with van der Waals surface area (Å²) in [6.07, 6.45) is -0.588. The number of urea groups is 1. The normalized spacial score (nSPS) is 17.5. The number of piperazine rings is 1. The predicted octanol–water partition coefficient (Wildman–Crippen LogP) is 5.97. The molecule has 3 amide bonds. The van der Waals surface area contributed by atoms with Gasteiger partial charge < -0.3 is 25.2 Å². The highest BCUT2D eigenvalue weighted by Gasteiger charge is 2.35. The van der Waals surface area contributed by atoms with E-state index in [9.17, 15) is 22.8 Å². The number of anilines is 2. The third kappa shape index (κ3) is 7.74. The first-order valence-electron chi connectivity index (χ1n) is 15.4. The van der Waals surface area contributed by atoms with Gasteiger partial charge in [0.1, 0.15) is 17.3 Å². The Hall–Kier alpha value is -4.16. The first kappa shape index (κ1) is 30.8. The number of carbonyl (C=O) groups is 2. The number of benzene rings is 2. The van der Waals surface area contributed by atoms with Gasteiger partial charge in [0, 0.05) is 69.7 Å². The van der Waals surface area contributed by atoms with Crippen molar-refractivity contribution in [2.45, 2.75) is 45.5 Å². The van der Waals surface area contributed by atoms with Crippen molar-refractivity contribution in [3.8, 4) is 11.5 Å². The Balaban J connectivity index is 1.09. The molecule has 3 heterocycles. The molecule has 2 aliphatic heterocycles. The quantitative estimate of drug-likeness (QED) is 0.322. The van der Waals surface area contributed by atoms with Gasteiger partial charge in [-0.2, -0.15) is 13.2 Å². The number of rotatable bonds is 8. The fourth-order valence-electron chi connectivity index (χ4n) is 5.79. The van der Waals surface area contributed by atoms with Crippen molar-refractivity contribution in [2.24, 2.45) is 5.92 Å². The number of nitrogens with zero attached hydrogens (tertiary/aromatic N) is 4. The lowest BCUT2D eigenvalue weighted by molar-refractivity contribution is -0.138. The number of alkyl halides is 3. The number of aromatic nitrogens is 1. The number of likely N-dealkylation sites (N-methyl/N-ethyl adjacent to an activating group) is 1. The van der Waals surface area contributed by atoms with Gasteiger partial charge in [-0.3, -0.25) is 9.69 Å². The summed E-state index contributed by atoms with van der Waals surface area (Å²) in [5, 5.41) is 5.49. The minimum atomic E-state index is -4.54. The topological polar surface area (TPSA) is 90.0 Å². The summed E-state index contributed by atoms with van der Waals surface area (Å²) in [6.45, 7) is 7.05. The molecule has 3 aromatic rings. The van der Waals surface area contributed by atoms with Crippen molar-refractivity contribution in [3.05, 3.63) is 77.0 Å². The Morgan fingerprint density at radius 1 is 0.911 bits per heavy atom. The Labute approximate surface area is 260 Å². The van der Waals surface area contributed by atoms with Crippen LogP contribution in [0.4, 0.5) is 29.5 Å². The molecule has 1 aliphatic carbocycles. The van der Waals surface area contributed by atoms with Gasteiger partial charge >= 0.3 is 12.2 Å². The zero-order chi connectivity index (χ0) is 31.6. The highest BCUT2D eigenvalue weighted by molar-refractivity contribution is 5.93. The number of nitrogens with one attached hydrogen (secondary N) is 2. The Morgan fingerprint density at radius 2 is 1.67 bits per heavy atom. The lowest BCUT2D eigenvalue weighted by Crippen LogP contribution is -2.45. The average molecular weight is 623 g/mol. The number of carbonyl (C=O) groups excluding carboxylic acids is 2. The first-order chi connectivity index (χ1) is 21.6. The van der Waals surface area contributed by atoms with Crippen LogP contribution in [0, 0.1) is 5.92 Å². The summed E-state index contributed by atoms with van der Waals surface area (Å²) in [6, 6.07) is 12.6. The van der Waals surface area contributed by atoms with E-state index in [1.807, 2.05) is 23.1 Å². The molecule has 0 radical (unpaired) electrons. The average Bonchev–Trinajstić information content (AvgIpc) is 3.88. The smallest absolute Gasteiger partial charge is 0.416 e. The first-order valence-corrected chi connectivity index (χ1v) is 15.4. The van der Waals surface area contributed by atoms with E-state index in [0.29, 0.717) is 30.3 Å². The van der Waals surface area contributed by atoms with Crippen LogP contribution in [-0.4, -0.2) is 70.9 Å². The maximum atomic E-state index is 14.1. The van der Waals surface area contributed by atoms with Gasteiger partial charge in [0.25, 0.3) is 0 Å². The molecular formula is C33H37F3N6O3. The van der Waals surface area contributed by atoms with Gasteiger partial charge in [-0.1, -0.05) is 19.1 Å². The number of hydrogen-bond acceptors (Lipinski definition) is 6. The van der Waals surface area contributed by atoms with Crippen LogP contribution in [0.15, 0.2) is 54.7 Å². The number of pyridine rings is 1. The number of ether oxygens (including phenoxy) is 1. The summed E-state index contributed by atoms with van der Waals surface area (Å²) >= 11 is 0. The molecule has 238 valence electrons. The molecule has 9 nitrogen and oxygen atoms in total. The Kier molecular flexibility index (Phi) is 8.95. The second-order valence-corrected chi connectivity index (χ2v) is 11.9. The number of amides is 3. The maximum Gasteiger partial charge on any atom is 0.416 e. The SMILES string of the molecule is CCN1CCN(Cc2ccc(NC(=O)N3CCc4ccc(Oc5ccnc(NC(=O)C6CC6)c5)cc4C3)cc2C(F)(F)F)CC1. The van der Waals surface area contributed by atoms with Crippen molar-refractivity contribution in [2.75, 3.05) is 49.9 Å². The van der Waals surface area contributed by atoms with Gasteiger partial charge in [-0.15, -0.1) is 0 Å². The number of hydrogen-bond donors (Lipinski definition) is 2. The molecule has 45 heavy (non-hydrogen) atoms. The standard InChI is InChI=1S/C33H37F3N6O3/c1-2-40-13-15-41(16-14-40)20-24-5-7-26(18-29(24)33(34,35)36)38-32(44)42-12-10-22-6-8-27(17-25(22)21-42)45-28-9-11-37-30(19-28)39-31(43)23-3-4-23/h5-9,11,17-19,23H,2-4,10,12-16,20-21H2,1H3,(H,38,44)(H,37,39,43). The summed E-state index contributed by atoms with van der Waals surface area (Å²) in [7, 11) is 0. The molecule has 6 rings (SSSR count). The summed E-state index contributed by atoms with van der Waals surface area (Å²) in [5.74, 6) is 1.50. The van der Waals surface area contributed by atoms with E-state index in [4.69, 9.17) is 4.74 Å². The fraction of sp³-hybridized carbons (Fsp3) is 0.424. The van der Waals surface area contributed by atoms with Crippen LogP contribution in [0.2, 0.25) is 0 Å². The molecule has 1 aromatic heterocycles. The maximum absolute atomic E-state index is 14.1. The lowest BCUT2D eigenvalue weighted by Gasteiger charge is -2.34. The zero-order valence-electron chi connectivity index (χ0n) is 25.2. The third-order valence-electron chi connectivity index (χ3n) is 8.62. The molecule has 0 unspecified atom stereocenters. The Morgan fingerprint density at radius 3 is 2.40 bits per heavy atom. The summed E-state index contributed by atoms with van der Waals surface area (Å²) < 4.78 is 48.3. The van der Waals surface area contributed by atoms with E-state index in [-0.39, 0.29) is 36.2 Å². The van der Waals surface area contributed by atoms with E-state index in [0.717, 1.165) is 62.8 Å². The van der Waals surface area contributed by atoms with Crippen molar-refractivity contribution >= 4 is 23.4 Å². The van der Waals surface area contributed by atoms with Gasteiger partial charge in [0.05, 0.1) is 5.56 Å². The van der Waals surface area contributed by atoms with Crippen molar-refractivity contribution < 1.29 is 27.5 Å². The van der Waals surface area contributed by atoms with Crippen LogP contribution in [0.3, 0.4) is 0 Å². The van der Waals surface area contributed by atoms with E-state index in [2.05, 4.69) is 27.4 Å². The van der Waals surface area contributed by atoms with Crippen LogP contribution in [-0.2, 0) is 30.5 Å². The molecular weight excluding hydrogens is 585 g/mol. The predicted molar refractivity (Wildman–Crippen MR) is 164 cm³/mol. The molecule has 0 atom stereocenters. The molecule has 1 saturated carbocycles. The molecule has 3 aliphatic rings. The molecule has 0 spiro atoms. The minimum absolute atomic E-state index is 0.0431. The van der Waals surface area contributed by atoms with Gasteiger partial charge in [-0.25, -0.2) is 9.78 Å². The van der Waals surface area contributed by atoms with Crippen LogP contribution < -0.4 is 15.4 Å². The molecule has 12 heteroatoms. The molecule has 1 saturated heterocycles.